The van der Waals surface area contributed by atoms with Gasteiger partial charge in [0.05, 0.1) is 16.9 Å². The molecule has 1 saturated heterocycles. The fourth-order valence-electron chi connectivity index (χ4n) is 4.59. The van der Waals surface area contributed by atoms with Gasteiger partial charge >= 0.3 is 0 Å². The van der Waals surface area contributed by atoms with Crippen molar-refractivity contribution in [2.45, 2.75) is 25.8 Å². The Morgan fingerprint density at radius 3 is 2.33 bits per heavy atom. The molecule has 2 aromatic carbocycles. The Balaban J connectivity index is 1.37. The maximum atomic E-state index is 14.7. The van der Waals surface area contributed by atoms with Crippen LogP contribution in [0.4, 0.5) is 33.0 Å². The van der Waals surface area contributed by atoms with E-state index in [1.807, 2.05) is 34.1 Å². The van der Waals surface area contributed by atoms with E-state index in [9.17, 15) is 14.0 Å². The molecule has 3 aromatic rings. The van der Waals surface area contributed by atoms with E-state index in [0.717, 1.165) is 37.3 Å². The van der Waals surface area contributed by atoms with Crippen molar-refractivity contribution < 1.29 is 14.0 Å². The topological polar surface area (TPSA) is 94.8 Å². The molecule has 5 rings (SSSR count). The number of hydrogen-bond donors (Lipinski definition) is 2. The van der Waals surface area contributed by atoms with Crippen LogP contribution in [0.5, 0.6) is 0 Å². The third kappa shape index (κ3) is 4.95. The maximum Gasteiger partial charge on any atom is 0.252 e. The second-order valence-electron chi connectivity index (χ2n) is 9.17. The van der Waals surface area contributed by atoms with Crippen LogP contribution in [0.25, 0.3) is 0 Å². The van der Waals surface area contributed by atoms with Crippen molar-refractivity contribution in [3.05, 3.63) is 72.2 Å². The molecular formula is C27H29FN6O2. The second-order valence-corrected chi connectivity index (χ2v) is 9.17. The molecule has 8 nitrogen and oxygen atoms in total. The van der Waals surface area contributed by atoms with E-state index in [-0.39, 0.29) is 23.3 Å². The molecule has 0 bridgehead atoms. The van der Waals surface area contributed by atoms with Crippen molar-refractivity contribution in [1.29, 1.82) is 0 Å². The molecule has 2 fully saturated rings. The first-order valence-corrected chi connectivity index (χ1v) is 12.1. The van der Waals surface area contributed by atoms with Gasteiger partial charge in [0.25, 0.3) is 5.91 Å². The van der Waals surface area contributed by atoms with Crippen LogP contribution >= 0.6 is 0 Å². The first kappa shape index (κ1) is 23.6. The summed E-state index contributed by atoms with van der Waals surface area (Å²) in [4.78, 5) is 34.1. The van der Waals surface area contributed by atoms with Gasteiger partial charge in [-0.1, -0.05) is 12.1 Å². The minimum Gasteiger partial charge on any atom is -0.368 e. The van der Waals surface area contributed by atoms with Crippen molar-refractivity contribution in [3.63, 3.8) is 0 Å². The van der Waals surface area contributed by atoms with E-state index in [1.54, 1.807) is 31.2 Å². The normalized spacial score (nSPS) is 15.5. The fourth-order valence-corrected chi connectivity index (χ4v) is 4.59. The number of carbonyl (C=O) groups excluding carboxylic acids is 2. The van der Waals surface area contributed by atoms with Crippen LogP contribution in [0.3, 0.4) is 0 Å². The minimum absolute atomic E-state index is 0.0954. The molecule has 1 aromatic heterocycles. The molecule has 36 heavy (non-hydrogen) atoms. The van der Waals surface area contributed by atoms with Gasteiger partial charge in [-0.2, -0.15) is 0 Å². The largest absolute Gasteiger partial charge is 0.368 e. The lowest BCUT2D eigenvalue weighted by atomic mass is 10.1. The van der Waals surface area contributed by atoms with Gasteiger partial charge in [0.2, 0.25) is 5.91 Å². The summed E-state index contributed by atoms with van der Waals surface area (Å²) in [6.07, 6.45) is 3.25. The van der Waals surface area contributed by atoms with Crippen LogP contribution < -0.4 is 20.9 Å². The summed E-state index contributed by atoms with van der Waals surface area (Å²) < 4.78 is 14.7. The molecule has 2 aliphatic rings. The van der Waals surface area contributed by atoms with Crippen LogP contribution in [0.2, 0.25) is 0 Å². The van der Waals surface area contributed by atoms with Gasteiger partial charge in [-0.3, -0.25) is 9.59 Å². The Hall–Kier alpha value is -4.14. The van der Waals surface area contributed by atoms with Crippen LogP contribution in [-0.2, 0) is 4.79 Å². The lowest BCUT2D eigenvalue weighted by Gasteiger charge is -2.35. The summed E-state index contributed by atoms with van der Waals surface area (Å²) in [7, 11) is 0. The molecule has 0 unspecified atom stereocenters. The molecule has 186 valence electrons. The van der Waals surface area contributed by atoms with Gasteiger partial charge in [0, 0.05) is 62.8 Å². The number of anilines is 5. The van der Waals surface area contributed by atoms with E-state index in [2.05, 4.69) is 15.2 Å². The smallest absolute Gasteiger partial charge is 0.252 e. The number of aromatic nitrogens is 1. The van der Waals surface area contributed by atoms with Gasteiger partial charge in [0.15, 0.2) is 0 Å². The molecule has 1 saturated carbocycles. The number of para-hydroxylation sites is 1. The average Bonchev–Trinajstić information content (AvgIpc) is 3.71. The summed E-state index contributed by atoms with van der Waals surface area (Å²) in [5.74, 6) is -0.329. The van der Waals surface area contributed by atoms with Crippen molar-refractivity contribution in [2.75, 3.05) is 41.3 Å². The highest BCUT2D eigenvalue weighted by Gasteiger charge is 2.34. The lowest BCUT2D eigenvalue weighted by molar-refractivity contribution is -0.129. The highest BCUT2D eigenvalue weighted by Crippen LogP contribution is 2.41. The molecule has 1 aliphatic heterocycles. The zero-order valence-electron chi connectivity index (χ0n) is 20.2. The Morgan fingerprint density at radius 1 is 1.03 bits per heavy atom. The number of hydrogen-bond acceptors (Lipinski definition) is 6. The van der Waals surface area contributed by atoms with Gasteiger partial charge in [-0.25, -0.2) is 9.37 Å². The standard InChI is InChI=1S/C27H29FN6O2/c1-18(35)32-12-14-33(15-13-32)20-8-6-19(7-9-20)31-26-16-25(22(17-30-26)27(29)36)34(21-10-11-21)24-5-3-2-4-23(24)28/h2-9,16-17,21H,10-15H2,1H3,(H2,29,36)(H,30,31). The third-order valence-electron chi connectivity index (χ3n) is 6.66. The van der Waals surface area contributed by atoms with Crippen molar-refractivity contribution in [3.8, 4) is 0 Å². The Labute approximate surface area is 209 Å². The summed E-state index contributed by atoms with van der Waals surface area (Å²) in [6, 6.07) is 16.4. The number of amides is 2. The van der Waals surface area contributed by atoms with Crippen molar-refractivity contribution in [2.24, 2.45) is 5.73 Å². The summed E-state index contributed by atoms with van der Waals surface area (Å²) in [6.45, 7) is 4.62. The predicted octanol–water partition coefficient (Wildman–Crippen LogP) is 4.03. The zero-order chi connectivity index (χ0) is 25.2. The number of piperazine rings is 1. The molecule has 0 spiro atoms. The Morgan fingerprint density at radius 2 is 1.72 bits per heavy atom. The number of nitrogens with two attached hydrogens (primary N) is 1. The van der Waals surface area contributed by atoms with Gasteiger partial charge in [-0.05, 0) is 49.2 Å². The quantitative estimate of drug-likeness (QED) is 0.522. The number of benzene rings is 2. The number of nitrogens with one attached hydrogen (secondary N) is 1. The molecule has 1 aliphatic carbocycles. The van der Waals surface area contributed by atoms with Crippen molar-refractivity contribution >= 4 is 40.4 Å². The van der Waals surface area contributed by atoms with Gasteiger partial charge in [0.1, 0.15) is 11.6 Å². The van der Waals surface area contributed by atoms with Crippen LogP contribution in [0.15, 0.2) is 60.8 Å². The number of nitrogens with zero attached hydrogens (tertiary/aromatic N) is 4. The molecule has 2 heterocycles. The number of carbonyl (C=O) groups is 2. The van der Waals surface area contributed by atoms with E-state index < -0.39 is 5.91 Å². The number of primary amides is 1. The molecule has 3 N–H and O–H groups in total. The van der Waals surface area contributed by atoms with E-state index in [1.165, 1.54) is 12.3 Å². The van der Waals surface area contributed by atoms with Crippen LogP contribution in [0, 0.1) is 5.82 Å². The predicted molar refractivity (Wildman–Crippen MR) is 139 cm³/mol. The zero-order valence-corrected chi connectivity index (χ0v) is 20.2. The molecule has 0 radical (unpaired) electrons. The highest BCUT2D eigenvalue weighted by atomic mass is 19.1. The monoisotopic (exact) mass is 488 g/mol. The van der Waals surface area contributed by atoms with Crippen LogP contribution in [0.1, 0.15) is 30.1 Å². The van der Waals surface area contributed by atoms with Crippen LogP contribution in [-0.4, -0.2) is 53.9 Å². The molecular weight excluding hydrogens is 459 g/mol. The second kappa shape index (κ2) is 9.85. The van der Waals surface area contributed by atoms with E-state index in [0.29, 0.717) is 30.3 Å². The first-order valence-electron chi connectivity index (χ1n) is 12.1. The van der Waals surface area contributed by atoms with E-state index in [4.69, 9.17) is 5.73 Å². The Kier molecular flexibility index (Phi) is 6.45. The number of rotatable bonds is 7. The van der Waals surface area contributed by atoms with Gasteiger partial charge < -0.3 is 25.8 Å². The summed E-state index contributed by atoms with van der Waals surface area (Å²) in [5.41, 5.74) is 8.76. The SMILES string of the molecule is CC(=O)N1CCN(c2ccc(Nc3cc(N(c4ccccc4F)C4CC4)c(C(N)=O)cn3)cc2)CC1. The summed E-state index contributed by atoms with van der Waals surface area (Å²) >= 11 is 0. The lowest BCUT2D eigenvalue weighted by Crippen LogP contribution is -2.48. The molecule has 0 atom stereocenters. The molecule has 2 amide bonds. The highest BCUT2D eigenvalue weighted by molar-refractivity contribution is 6.00. The number of pyridine rings is 1. The minimum atomic E-state index is -0.611. The number of halogens is 1. The first-order chi connectivity index (χ1) is 17.4. The van der Waals surface area contributed by atoms with Crippen molar-refractivity contribution in [1.82, 2.24) is 9.88 Å². The summed E-state index contributed by atoms with van der Waals surface area (Å²) in [5, 5.41) is 3.29. The fraction of sp³-hybridized carbons (Fsp3) is 0.296. The van der Waals surface area contributed by atoms with Gasteiger partial charge in [-0.15, -0.1) is 0 Å². The maximum absolute atomic E-state index is 14.7. The average molecular weight is 489 g/mol. The third-order valence-corrected chi connectivity index (χ3v) is 6.66. The molecule has 9 heteroatoms. The van der Waals surface area contributed by atoms with E-state index >= 15 is 0 Å². The Bertz CT molecular complexity index is 1270.